The van der Waals surface area contributed by atoms with E-state index >= 15 is 0 Å². The van der Waals surface area contributed by atoms with Gasteiger partial charge in [0.2, 0.25) is 0 Å². The van der Waals surface area contributed by atoms with Gasteiger partial charge in [0.25, 0.3) is 0 Å². The Kier molecular flexibility index (Phi) is 5.74. The Bertz CT molecular complexity index is 74.4. The number of hydrogen-bond acceptors (Lipinski definition) is 1. The molecule has 0 atom stereocenters. The van der Waals surface area contributed by atoms with E-state index in [0.717, 1.165) is 6.42 Å². The normalized spacial score (nSPS) is 12.6. The second-order valence-electron chi connectivity index (χ2n) is 4.55. The van der Waals surface area contributed by atoms with Crippen LogP contribution in [-0.2, 0) is 22.4 Å². The minimum atomic E-state index is 0. The quantitative estimate of drug-likeness (QED) is 0.539. The van der Waals surface area contributed by atoms with Crippen LogP contribution >= 0.6 is 12.6 Å². The maximum absolute atomic E-state index is 4.45. The van der Waals surface area contributed by atoms with Crippen LogP contribution in [0, 0.1) is 5.41 Å². The van der Waals surface area contributed by atoms with Crippen LogP contribution in [0.3, 0.4) is 0 Å². The van der Waals surface area contributed by atoms with Crippen LogP contribution in [0.5, 0.6) is 0 Å². The number of rotatable bonds is 1. The third-order valence-electron chi connectivity index (χ3n) is 0.963. The molecule has 0 unspecified atom stereocenters. The minimum absolute atomic E-state index is 0. The summed E-state index contributed by atoms with van der Waals surface area (Å²) in [6, 6.07) is 0. The van der Waals surface area contributed by atoms with Gasteiger partial charge in [-0.15, -0.1) is 0 Å². The Balaban J connectivity index is 0. The first kappa shape index (κ1) is 13.7. The van der Waals surface area contributed by atoms with Crippen LogP contribution in [0.4, 0.5) is 0 Å². The van der Waals surface area contributed by atoms with Crippen molar-refractivity contribution >= 4 is 12.6 Å². The zero-order valence-corrected chi connectivity index (χ0v) is 9.83. The Hall–Kier alpha value is 1.09. The molecule has 0 saturated carbocycles. The van der Waals surface area contributed by atoms with E-state index in [1.54, 1.807) is 0 Å². The van der Waals surface area contributed by atoms with Gasteiger partial charge in [-0.3, -0.25) is 0 Å². The van der Waals surface area contributed by atoms with Gasteiger partial charge in [0, 0.05) is 4.75 Å². The maximum atomic E-state index is 4.45. The molecular weight excluding hydrogens is 236 g/mol. The van der Waals surface area contributed by atoms with Crippen LogP contribution in [0.25, 0.3) is 0 Å². The van der Waals surface area contributed by atoms with Gasteiger partial charge in [-0.2, -0.15) is 12.6 Å². The van der Waals surface area contributed by atoms with Crippen molar-refractivity contribution in [3.8, 4) is 0 Å². The molecule has 0 N–H and O–H groups in total. The Morgan fingerprint density at radius 3 is 1.30 bits per heavy atom. The molecule has 0 aromatic heterocycles. The van der Waals surface area contributed by atoms with Crippen molar-refractivity contribution < 1.29 is 22.4 Å². The molecule has 0 aliphatic heterocycles. The second-order valence-corrected chi connectivity index (χ2v) is 5.76. The molecule has 0 aromatic rings. The van der Waals surface area contributed by atoms with Crippen LogP contribution in [0.2, 0.25) is 0 Å². The summed E-state index contributed by atoms with van der Waals surface area (Å²) in [5, 5.41) is 0. The molecule has 0 radical (unpaired) electrons. The first-order valence-electron chi connectivity index (χ1n) is 3.43. The van der Waals surface area contributed by atoms with Crippen molar-refractivity contribution in [3.05, 3.63) is 0 Å². The number of thiol groups is 1. The smallest absolute Gasteiger partial charge is 0.173 e. The second kappa shape index (κ2) is 4.20. The molecule has 0 nitrogen and oxygen atoms in total. The van der Waals surface area contributed by atoms with Crippen molar-refractivity contribution in [1.29, 1.82) is 0 Å². The van der Waals surface area contributed by atoms with Gasteiger partial charge in [-0.1, -0.05) is 34.6 Å². The van der Waals surface area contributed by atoms with Crippen molar-refractivity contribution in [2.24, 2.45) is 5.41 Å². The molecule has 0 fully saturated rings. The maximum Gasteiger partial charge on any atom is 1.00 e. The number of hydrogen-bond donors (Lipinski definition) is 1. The van der Waals surface area contributed by atoms with Gasteiger partial charge in [-0.05, 0) is 11.8 Å². The van der Waals surface area contributed by atoms with E-state index in [1.165, 1.54) is 0 Å². The molecule has 0 aliphatic carbocycles. The average Bonchev–Trinajstić information content (AvgIpc) is 1.14. The molecule has 0 rings (SSSR count). The fraction of sp³-hybridized carbons (Fsp3) is 1.00. The van der Waals surface area contributed by atoms with E-state index in [4.69, 9.17) is 0 Å². The predicted octanol–water partition coefficient (Wildman–Crippen LogP) is 3.13. The molecule has 0 heterocycles. The first-order chi connectivity index (χ1) is 3.71. The molecule has 2 heteroatoms. The molecular formula is C8H18AgS+. The topological polar surface area (TPSA) is 0 Å². The molecule has 0 spiro atoms. The van der Waals surface area contributed by atoms with E-state index in [1.807, 2.05) is 0 Å². The SMILES string of the molecule is CC(C)(C)CC(C)(C)S.[Ag+]. The van der Waals surface area contributed by atoms with Crippen LogP contribution in [-0.4, -0.2) is 4.75 Å². The fourth-order valence-corrected chi connectivity index (χ4v) is 1.77. The van der Waals surface area contributed by atoms with E-state index in [2.05, 4.69) is 47.2 Å². The van der Waals surface area contributed by atoms with E-state index < -0.39 is 0 Å². The predicted molar refractivity (Wildman–Crippen MR) is 47.1 cm³/mol. The third kappa shape index (κ3) is 11.8. The van der Waals surface area contributed by atoms with Gasteiger partial charge in [0.15, 0.2) is 0 Å². The Morgan fingerprint density at radius 2 is 1.30 bits per heavy atom. The summed E-state index contributed by atoms with van der Waals surface area (Å²) in [6.45, 7) is 11.0. The van der Waals surface area contributed by atoms with Gasteiger partial charge >= 0.3 is 22.4 Å². The summed E-state index contributed by atoms with van der Waals surface area (Å²) in [6.07, 6.45) is 1.16. The average molecular weight is 254 g/mol. The first-order valence-corrected chi connectivity index (χ1v) is 3.88. The third-order valence-corrected chi connectivity index (χ3v) is 1.12. The molecule has 0 aromatic carbocycles. The zero-order chi connectivity index (χ0) is 7.71. The fourth-order valence-electron chi connectivity index (χ4n) is 1.30. The van der Waals surface area contributed by atoms with Gasteiger partial charge in [0.1, 0.15) is 0 Å². The Morgan fingerprint density at radius 1 is 1.00 bits per heavy atom. The molecule has 0 bridgehead atoms. The van der Waals surface area contributed by atoms with E-state index in [0.29, 0.717) is 5.41 Å². The Labute approximate surface area is 86.1 Å². The van der Waals surface area contributed by atoms with Gasteiger partial charge in [0.05, 0.1) is 0 Å². The monoisotopic (exact) mass is 253 g/mol. The molecule has 66 valence electrons. The summed E-state index contributed by atoms with van der Waals surface area (Å²) in [7, 11) is 0. The van der Waals surface area contributed by atoms with Crippen molar-refractivity contribution in [2.45, 2.75) is 45.8 Å². The van der Waals surface area contributed by atoms with E-state index in [-0.39, 0.29) is 27.1 Å². The van der Waals surface area contributed by atoms with Crippen molar-refractivity contribution in [2.75, 3.05) is 0 Å². The standard InChI is InChI=1S/C8H18S.Ag/c1-7(2,3)6-8(4,5)9;/h9H,6H2,1-5H3;/q;+1. The van der Waals surface area contributed by atoms with Crippen molar-refractivity contribution in [3.63, 3.8) is 0 Å². The van der Waals surface area contributed by atoms with Gasteiger partial charge < -0.3 is 0 Å². The largest absolute Gasteiger partial charge is 1.00 e. The van der Waals surface area contributed by atoms with Crippen LogP contribution in [0.1, 0.15) is 41.0 Å². The molecule has 0 amide bonds. The van der Waals surface area contributed by atoms with Crippen molar-refractivity contribution in [1.82, 2.24) is 0 Å². The summed E-state index contributed by atoms with van der Waals surface area (Å²) in [5.74, 6) is 0. The summed E-state index contributed by atoms with van der Waals surface area (Å²) in [5.41, 5.74) is 0.408. The summed E-state index contributed by atoms with van der Waals surface area (Å²) >= 11 is 4.45. The van der Waals surface area contributed by atoms with E-state index in [9.17, 15) is 0 Å². The summed E-state index contributed by atoms with van der Waals surface area (Å²) in [4.78, 5) is 0. The zero-order valence-electron chi connectivity index (χ0n) is 7.46. The molecule has 10 heavy (non-hydrogen) atoms. The molecule has 0 saturated heterocycles. The van der Waals surface area contributed by atoms with Crippen LogP contribution in [0.15, 0.2) is 0 Å². The minimum Gasteiger partial charge on any atom is -0.173 e. The molecule has 0 aliphatic rings. The van der Waals surface area contributed by atoms with Gasteiger partial charge in [-0.25, -0.2) is 0 Å². The van der Waals surface area contributed by atoms with Crippen LogP contribution < -0.4 is 0 Å². The summed E-state index contributed by atoms with van der Waals surface area (Å²) < 4.78 is 0.179.